The van der Waals surface area contributed by atoms with E-state index in [1.54, 1.807) is 36.4 Å². The molecule has 3 N–H and O–H groups in total. The second-order valence-electron chi connectivity index (χ2n) is 17.0. The topological polar surface area (TPSA) is 230 Å². The van der Waals surface area contributed by atoms with Crippen LogP contribution in [0, 0.1) is 45.6 Å². The minimum Gasteiger partial charge on any atom is -0.499 e. The van der Waals surface area contributed by atoms with Crippen LogP contribution < -0.4 is 5.90 Å². The number of benzene rings is 6. The molecule has 0 unspecified atom stereocenters. The van der Waals surface area contributed by atoms with E-state index in [1.165, 1.54) is 56.0 Å². The quantitative estimate of drug-likeness (QED) is 0.00886. The molecule has 0 radical (unpaired) electrons. The number of halogens is 12. The van der Waals surface area contributed by atoms with E-state index in [1.807, 2.05) is 67.8 Å². The molecule has 470 valence electrons. The standard InChI is InChI=1S/C19H15F2IN2O3S.C17H13F2IN2O3S.C15H9F2IN2O2S.C4H9NO2.CH2Cl2.ClH/c1-2-26-5-6-27-10-16(25)13-9-17-19(23-24-28-17)18(21)14(13)7-11-3-4-12(22)8-15(11)20;18-13-6-10(20)2-1-9(13)5-12-11(14(24)8-25-4-3-23)7-15-17(16(12)19)21-22-26-15;1-22-15(21)10-6-12-14(19-20-23-12)13(17)9(10)4-7-2-3-8(18)5-11(7)16;1-2-6-3-4-7-5;2-1-3;/h2-4,8-9H,1,5-7,10H2;1-2,6-7,23H,3-5,8H2;2-3,5-6H,4H2,1H3;2H,1,3-5H2;1H2;1H. The maximum Gasteiger partial charge on any atom is 0.338 e. The van der Waals surface area contributed by atoms with E-state index >= 15 is 4.39 Å². The summed E-state index contributed by atoms with van der Waals surface area (Å²) in [6.07, 6.45) is 2.37. The monoisotopic (exact) mass is 1670 g/mol. The fourth-order valence-electron chi connectivity index (χ4n) is 7.57. The van der Waals surface area contributed by atoms with Gasteiger partial charge in [-0.25, -0.2) is 37.0 Å². The van der Waals surface area contributed by atoms with Crippen LogP contribution in [0.5, 0.6) is 0 Å². The first-order valence-electron chi connectivity index (χ1n) is 24.8. The van der Waals surface area contributed by atoms with Crippen molar-refractivity contribution in [2.75, 3.05) is 65.3 Å². The van der Waals surface area contributed by atoms with E-state index in [9.17, 15) is 36.3 Å². The minimum absolute atomic E-state index is 0. The molecule has 0 fully saturated rings. The first-order chi connectivity index (χ1) is 41.9. The molecule has 3 aromatic heterocycles. The van der Waals surface area contributed by atoms with Crippen molar-refractivity contribution in [2.24, 2.45) is 5.90 Å². The second kappa shape index (κ2) is 39.4. The summed E-state index contributed by atoms with van der Waals surface area (Å²) in [4.78, 5) is 41.3. The highest BCUT2D eigenvalue weighted by molar-refractivity contribution is 14.1. The number of nitrogens with zero attached hydrogens (tertiary/aromatic N) is 6. The number of esters is 1. The van der Waals surface area contributed by atoms with Gasteiger partial charge < -0.3 is 33.6 Å². The second-order valence-corrected chi connectivity index (χ2v) is 23.9. The summed E-state index contributed by atoms with van der Waals surface area (Å²) < 4.78 is 127. The van der Waals surface area contributed by atoms with Crippen molar-refractivity contribution in [1.82, 2.24) is 28.8 Å². The molecule has 0 aliphatic rings. The smallest absolute Gasteiger partial charge is 0.338 e. The number of alkyl halides is 2. The van der Waals surface area contributed by atoms with Crippen molar-refractivity contribution in [1.29, 1.82) is 0 Å². The van der Waals surface area contributed by atoms with Gasteiger partial charge in [0.05, 0.1) is 64.5 Å². The number of fused-ring (bicyclic) bond motifs is 3. The highest BCUT2D eigenvalue weighted by atomic mass is 127. The van der Waals surface area contributed by atoms with E-state index in [2.05, 4.69) is 57.4 Å². The maximum atomic E-state index is 15.1. The Morgan fingerprint density at radius 2 is 0.909 bits per heavy atom. The molecule has 0 spiro atoms. The molecular formula is C56H49Cl3F6I3N7O10S3. The van der Waals surface area contributed by atoms with Crippen molar-refractivity contribution in [3.8, 4) is 0 Å². The van der Waals surface area contributed by atoms with E-state index in [4.69, 9.17) is 47.3 Å². The fourth-order valence-corrected chi connectivity index (χ4v) is 10.7. The SMILES string of the molecule is C=COCCOCC(=O)c1cc2snnc2c(F)c1Cc1ccc(I)cc1F.C=COCCON.COC(=O)c1cc2snnc2c(F)c1Cc1ccc(I)cc1F.Cl.ClCCl.O=C(COCCO)c1cc2snnc2c(F)c1Cc1ccc(I)cc1F. The number of hydrogen-bond acceptors (Lipinski definition) is 20. The number of aliphatic hydroxyl groups excluding tert-OH is 1. The molecule has 0 aliphatic carbocycles. The summed E-state index contributed by atoms with van der Waals surface area (Å²) >= 11 is 18.4. The van der Waals surface area contributed by atoms with Gasteiger partial charge in [0.2, 0.25) is 0 Å². The lowest BCUT2D eigenvalue weighted by Gasteiger charge is -2.12. The number of aromatic nitrogens is 6. The lowest BCUT2D eigenvalue weighted by atomic mass is 9.96. The highest BCUT2D eigenvalue weighted by Gasteiger charge is 2.26. The molecule has 17 nitrogen and oxygen atoms in total. The van der Waals surface area contributed by atoms with Crippen molar-refractivity contribution < 1.29 is 74.4 Å². The van der Waals surface area contributed by atoms with Crippen LogP contribution in [0.25, 0.3) is 30.6 Å². The first kappa shape index (κ1) is 75.6. The third kappa shape index (κ3) is 21.9. The van der Waals surface area contributed by atoms with Gasteiger partial charge in [0.15, 0.2) is 29.0 Å². The normalized spacial score (nSPS) is 10.5. The van der Waals surface area contributed by atoms with Crippen LogP contribution >= 0.6 is 138 Å². The predicted molar refractivity (Wildman–Crippen MR) is 353 cm³/mol. The Bertz CT molecular complexity index is 3830. The zero-order chi connectivity index (χ0) is 63.6. The Hall–Kier alpha value is -4.89. The summed E-state index contributed by atoms with van der Waals surface area (Å²) in [5.74, 6) is -0.285. The molecule has 9 aromatic rings. The number of rotatable bonds is 23. The Kier molecular flexibility index (Phi) is 33.8. The number of hydrogen-bond donors (Lipinski definition) is 2. The Labute approximate surface area is 568 Å². The number of carbonyl (C=O) groups excluding carboxylic acids is 3. The zero-order valence-electron chi connectivity index (χ0n) is 45.7. The molecule has 88 heavy (non-hydrogen) atoms. The van der Waals surface area contributed by atoms with Crippen LogP contribution in [-0.2, 0) is 47.8 Å². The van der Waals surface area contributed by atoms with Gasteiger partial charge in [0, 0.05) is 57.8 Å². The molecule has 3 heterocycles. The van der Waals surface area contributed by atoms with Crippen LogP contribution in [0.1, 0.15) is 64.5 Å². The molecule has 32 heteroatoms. The maximum absolute atomic E-state index is 15.1. The Morgan fingerprint density at radius 1 is 0.568 bits per heavy atom. The summed E-state index contributed by atoms with van der Waals surface area (Å²) in [7, 11) is 1.21. The number of nitrogens with two attached hydrogens (primary N) is 1. The highest BCUT2D eigenvalue weighted by Crippen LogP contribution is 2.32. The van der Waals surface area contributed by atoms with E-state index < -0.39 is 52.4 Å². The first-order valence-corrected chi connectivity index (χ1v) is 31.4. The molecule has 0 amide bonds. The van der Waals surface area contributed by atoms with Gasteiger partial charge in [0.1, 0.15) is 67.0 Å². The fraction of sp³-hybridized carbons (Fsp3) is 0.232. The van der Waals surface area contributed by atoms with Crippen LogP contribution in [0.3, 0.4) is 0 Å². The van der Waals surface area contributed by atoms with Gasteiger partial charge in [-0.2, -0.15) is 0 Å². The lowest BCUT2D eigenvalue weighted by Crippen LogP contribution is -2.15. The predicted octanol–water partition coefficient (Wildman–Crippen LogP) is 13.7. The molecule has 0 aliphatic heterocycles. The van der Waals surface area contributed by atoms with E-state index in [0.29, 0.717) is 27.3 Å². The Balaban J connectivity index is 0.000000261. The number of Topliss-reactive ketones (excluding diaryl/α,β-unsaturated/α-hetero) is 2. The Morgan fingerprint density at radius 3 is 1.24 bits per heavy atom. The lowest BCUT2D eigenvalue weighted by molar-refractivity contribution is 0.0597. The molecule has 6 aromatic carbocycles. The average molecular weight is 1680 g/mol. The van der Waals surface area contributed by atoms with Gasteiger partial charge in [-0.05, 0) is 174 Å². The van der Waals surface area contributed by atoms with Crippen LogP contribution in [0.2, 0.25) is 0 Å². The van der Waals surface area contributed by atoms with Gasteiger partial charge in [-0.3, -0.25) is 9.59 Å². The zero-order valence-corrected chi connectivity index (χ0v) is 56.9. The summed E-state index contributed by atoms with van der Waals surface area (Å²) in [6, 6.07) is 18.5. The van der Waals surface area contributed by atoms with Crippen LogP contribution in [0.15, 0.2) is 98.5 Å². The summed E-state index contributed by atoms with van der Waals surface area (Å²) in [5.41, 5.74) is 1.55. The van der Waals surface area contributed by atoms with E-state index in [-0.39, 0.29) is 143 Å². The van der Waals surface area contributed by atoms with Gasteiger partial charge in [0.25, 0.3) is 0 Å². The molecule has 0 bridgehead atoms. The number of methoxy groups -OCH3 is 1. The molecule has 0 saturated carbocycles. The molecule has 0 saturated heterocycles. The van der Waals surface area contributed by atoms with Gasteiger partial charge in [-0.15, -0.1) is 50.9 Å². The molecular weight excluding hydrogens is 1630 g/mol. The number of ketones is 2. The third-order valence-electron chi connectivity index (χ3n) is 11.5. The van der Waals surface area contributed by atoms with E-state index in [0.717, 1.165) is 45.3 Å². The van der Waals surface area contributed by atoms with Crippen molar-refractivity contribution in [3.63, 3.8) is 0 Å². The number of aliphatic hydroxyl groups is 1. The van der Waals surface area contributed by atoms with Crippen molar-refractivity contribution in [2.45, 2.75) is 19.3 Å². The largest absolute Gasteiger partial charge is 0.499 e. The van der Waals surface area contributed by atoms with Gasteiger partial charge in [-0.1, -0.05) is 44.8 Å². The number of ether oxygens (including phenoxy) is 5. The van der Waals surface area contributed by atoms with Crippen molar-refractivity contribution in [3.05, 3.63) is 194 Å². The van der Waals surface area contributed by atoms with Gasteiger partial charge >= 0.3 is 5.97 Å². The molecule has 0 atom stereocenters. The minimum atomic E-state index is -0.681. The average Bonchev–Trinajstić information content (AvgIpc) is 2.24. The van der Waals surface area contributed by atoms with Crippen LogP contribution in [0.4, 0.5) is 26.3 Å². The third-order valence-corrected chi connectivity index (χ3v) is 15.5. The summed E-state index contributed by atoms with van der Waals surface area (Å²) in [5, 5.41) is 20.2. The van der Waals surface area contributed by atoms with Crippen LogP contribution in [-0.4, -0.2) is 117 Å². The summed E-state index contributed by atoms with van der Waals surface area (Å²) in [6.45, 7) is 7.27. The number of carbonyl (C=O) groups is 3. The molecule has 9 rings (SSSR count). The van der Waals surface area contributed by atoms with Crippen molar-refractivity contribution >= 4 is 186 Å².